The van der Waals surface area contributed by atoms with Gasteiger partial charge in [-0.25, -0.2) is 9.37 Å². The summed E-state index contributed by atoms with van der Waals surface area (Å²) in [5.74, 6) is 0.453. The standard InChI is InChI=1S/C30H26FN8O2/c31-24-12-20(18-4-5-18)11-19-8-9-38(29(41)27(19)24)25-3-1-2-22(23(25)15-40)28-34-26(35-30(33)36-28)10-17-13-37(16-32)39(14-17)21-6-7-21/h1-3,8-9,11-14,18,21,40H,4-7,10,15H2,(H2,33,34,35,36)/q+1. The van der Waals surface area contributed by atoms with Crippen molar-refractivity contribution in [2.75, 3.05) is 5.73 Å². The number of hydrogen-bond acceptors (Lipinski definition) is 7. The van der Waals surface area contributed by atoms with Gasteiger partial charge in [-0.1, -0.05) is 27.6 Å². The molecular formula is C30H26FN8O2+. The normalized spacial score (nSPS) is 14.9. The third-order valence-electron chi connectivity index (χ3n) is 7.76. The lowest BCUT2D eigenvalue weighted by molar-refractivity contribution is -0.769. The van der Waals surface area contributed by atoms with Crippen molar-refractivity contribution in [1.82, 2.24) is 24.2 Å². The van der Waals surface area contributed by atoms with Crippen LogP contribution in [0.15, 0.2) is 59.8 Å². The number of aliphatic hydroxyl groups is 1. The molecule has 5 aromatic rings. The van der Waals surface area contributed by atoms with Crippen LogP contribution in [0.2, 0.25) is 0 Å². The van der Waals surface area contributed by atoms with E-state index in [0.29, 0.717) is 46.4 Å². The highest BCUT2D eigenvalue weighted by atomic mass is 19.1. The molecule has 11 heteroatoms. The summed E-state index contributed by atoms with van der Waals surface area (Å²) in [6.07, 6.45) is 11.9. The molecule has 0 bridgehead atoms. The fourth-order valence-electron chi connectivity index (χ4n) is 5.47. The summed E-state index contributed by atoms with van der Waals surface area (Å²) in [4.78, 5) is 26.8. The van der Waals surface area contributed by atoms with Crippen LogP contribution in [-0.2, 0) is 13.0 Å². The topological polar surface area (TPSA) is 140 Å². The number of nitrogens with zero attached hydrogens (tertiary/aromatic N) is 7. The lowest BCUT2D eigenvalue weighted by Crippen LogP contribution is -2.39. The van der Waals surface area contributed by atoms with Crippen LogP contribution in [0.5, 0.6) is 0 Å². The molecule has 3 heterocycles. The zero-order valence-electron chi connectivity index (χ0n) is 22.0. The van der Waals surface area contributed by atoms with Crippen molar-refractivity contribution in [2.45, 2.75) is 50.7 Å². The quantitative estimate of drug-likeness (QED) is 0.297. The van der Waals surface area contributed by atoms with E-state index in [0.717, 1.165) is 36.8 Å². The Morgan fingerprint density at radius 3 is 2.71 bits per heavy atom. The van der Waals surface area contributed by atoms with Crippen molar-refractivity contribution < 1.29 is 14.2 Å². The Labute approximate surface area is 233 Å². The van der Waals surface area contributed by atoms with Crippen LogP contribution in [0.4, 0.5) is 10.3 Å². The van der Waals surface area contributed by atoms with Crippen LogP contribution in [0.25, 0.3) is 27.8 Å². The molecule has 204 valence electrons. The van der Waals surface area contributed by atoms with Gasteiger partial charge in [0.15, 0.2) is 11.9 Å². The largest absolute Gasteiger partial charge is 0.392 e. The van der Waals surface area contributed by atoms with Crippen LogP contribution in [0, 0.1) is 17.3 Å². The first-order chi connectivity index (χ1) is 19.9. The third kappa shape index (κ3) is 4.52. The van der Waals surface area contributed by atoms with Gasteiger partial charge in [-0.3, -0.25) is 9.36 Å². The van der Waals surface area contributed by atoms with Crippen LogP contribution in [0.1, 0.15) is 60.2 Å². The monoisotopic (exact) mass is 549 g/mol. The van der Waals surface area contributed by atoms with Crippen molar-refractivity contribution in [3.8, 4) is 23.3 Å². The van der Waals surface area contributed by atoms with Gasteiger partial charge in [0, 0.05) is 42.1 Å². The molecule has 2 aliphatic rings. The van der Waals surface area contributed by atoms with Crippen LogP contribution in [-0.4, -0.2) is 29.3 Å². The number of fused-ring (bicyclic) bond motifs is 1. The summed E-state index contributed by atoms with van der Waals surface area (Å²) in [5.41, 5.74) is 8.57. The molecule has 0 radical (unpaired) electrons. The highest BCUT2D eigenvalue weighted by Crippen LogP contribution is 2.41. The van der Waals surface area contributed by atoms with Gasteiger partial charge in [-0.05, 0) is 47.9 Å². The van der Waals surface area contributed by atoms with Crippen molar-refractivity contribution in [3.05, 3.63) is 93.7 Å². The number of aliphatic hydroxyl groups excluding tert-OH is 1. The van der Waals surface area contributed by atoms with E-state index >= 15 is 4.39 Å². The van der Waals surface area contributed by atoms with E-state index < -0.39 is 18.0 Å². The maximum Gasteiger partial charge on any atom is 0.265 e. The Kier molecular flexibility index (Phi) is 5.87. The molecule has 3 N–H and O–H groups in total. The van der Waals surface area contributed by atoms with E-state index in [-0.39, 0.29) is 17.2 Å². The third-order valence-corrected chi connectivity index (χ3v) is 7.76. The van der Waals surface area contributed by atoms with Gasteiger partial charge in [0.05, 0.1) is 23.9 Å². The molecule has 2 saturated carbocycles. The summed E-state index contributed by atoms with van der Waals surface area (Å²) in [6, 6.07) is 10.5. The maximum atomic E-state index is 15.2. The molecule has 41 heavy (non-hydrogen) atoms. The second-order valence-electron chi connectivity index (χ2n) is 10.7. The number of nitriles is 1. The Hall–Kier alpha value is -4.95. The minimum absolute atomic E-state index is 0.00508. The average Bonchev–Trinajstić information content (AvgIpc) is 3.90. The summed E-state index contributed by atoms with van der Waals surface area (Å²) < 4.78 is 19.9. The van der Waals surface area contributed by atoms with Gasteiger partial charge in [0.25, 0.3) is 5.56 Å². The SMILES string of the molecule is N#Cn1cc(Cc2nc(N)nc(-c3cccc(-n4ccc5cc(C6CC6)cc(F)c5c4=O)c3CO)n2)c[n+]1C1CC1. The lowest BCUT2D eigenvalue weighted by Gasteiger charge is -2.15. The Bertz CT molecular complexity index is 1950. The van der Waals surface area contributed by atoms with Gasteiger partial charge in [0.2, 0.25) is 18.3 Å². The van der Waals surface area contributed by atoms with Gasteiger partial charge in [-0.15, -0.1) is 0 Å². The summed E-state index contributed by atoms with van der Waals surface area (Å²) in [5, 5.41) is 20.5. The number of aromatic nitrogens is 6. The Morgan fingerprint density at radius 2 is 1.98 bits per heavy atom. The molecule has 2 fully saturated rings. The first kappa shape index (κ1) is 25.0. The second kappa shape index (κ2) is 9.60. The molecule has 0 saturated heterocycles. The van der Waals surface area contributed by atoms with E-state index in [1.165, 1.54) is 15.3 Å². The van der Waals surface area contributed by atoms with Crippen molar-refractivity contribution in [1.29, 1.82) is 5.26 Å². The summed E-state index contributed by atoms with van der Waals surface area (Å²) in [6.45, 7) is -0.424. The maximum absolute atomic E-state index is 15.2. The van der Waals surface area contributed by atoms with Crippen LogP contribution in [0.3, 0.4) is 0 Å². The van der Waals surface area contributed by atoms with Crippen molar-refractivity contribution in [2.24, 2.45) is 0 Å². The van der Waals surface area contributed by atoms with Gasteiger partial charge < -0.3 is 10.8 Å². The number of benzene rings is 2. The van der Waals surface area contributed by atoms with Crippen molar-refractivity contribution in [3.63, 3.8) is 0 Å². The summed E-state index contributed by atoms with van der Waals surface area (Å²) in [7, 11) is 0. The molecule has 0 atom stereocenters. The first-order valence-electron chi connectivity index (χ1n) is 13.5. The molecule has 3 aromatic heterocycles. The minimum atomic E-state index is -0.548. The predicted octanol–water partition coefficient (Wildman–Crippen LogP) is 3.28. The molecule has 2 aliphatic carbocycles. The fourth-order valence-corrected chi connectivity index (χ4v) is 5.47. The summed E-state index contributed by atoms with van der Waals surface area (Å²) >= 11 is 0. The molecule has 7 rings (SSSR count). The zero-order chi connectivity index (χ0) is 28.2. The lowest BCUT2D eigenvalue weighted by atomic mass is 10.0. The second-order valence-corrected chi connectivity index (χ2v) is 10.7. The predicted molar refractivity (Wildman–Crippen MR) is 147 cm³/mol. The fraction of sp³-hybridized carbons (Fsp3) is 0.267. The molecule has 10 nitrogen and oxygen atoms in total. The number of halogens is 1. The highest BCUT2D eigenvalue weighted by Gasteiger charge is 2.36. The Balaban J connectivity index is 1.29. The number of pyridine rings is 1. The number of anilines is 1. The zero-order valence-corrected chi connectivity index (χ0v) is 22.0. The molecule has 0 amide bonds. The number of nitrogens with two attached hydrogens (primary N) is 1. The smallest absolute Gasteiger partial charge is 0.265 e. The molecule has 2 aromatic carbocycles. The number of nitrogen functional groups attached to an aromatic ring is 1. The number of hydrogen-bond donors (Lipinski definition) is 2. The van der Waals surface area contributed by atoms with E-state index in [1.807, 2.05) is 16.9 Å². The molecular weight excluding hydrogens is 523 g/mol. The van der Waals surface area contributed by atoms with E-state index in [1.54, 1.807) is 36.7 Å². The van der Waals surface area contributed by atoms with Crippen LogP contribution >= 0.6 is 0 Å². The van der Waals surface area contributed by atoms with Crippen LogP contribution < -0.4 is 16.0 Å². The number of rotatable bonds is 7. The van der Waals surface area contributed by atoms with E-state index in [4.69, 9.17) is 5.73 Å². The van der Waals surface area contributed by atoms with E-state index in [9.17, 15) is 15.2 Å². The Morgan fingerprint density at radius 1 is 1.15 bits per heavy atom. The first-order valence-corrected chi connectivity index (χ1v) is 13.5. The van der Waals surface area contributed by atoms with Gasteiger partial charge in [0.1, 0.15) is 11.6 Å². The van der Waals surface area contributed by atoms with Gasteiger partial charge >= 0.3 is 0 Å². The van der Waals surface area contributed by atoms with Crippen molar-refractivity contribution >= 4 is 16.7 Å². The minimum Gasteiger partial charge on any atom is -0.392 e. The molecule has 0 aliphatic heterocycles. The molecule has 0 unspecified atom stereocenters. The average molecular weight is 550 g/mol. The molecule has 0 spiro atoms. The van der Waals surface area contributed by atoms with E-state index in [2.05, 4.69) is 21.1 Å². The van der Waals surface area contributed by atoms with Gasteiger partial charge in [-0.2, -0.15) is 15.2 Å². The highest BCUT2D eigenvalue weighted by molar-refractivity contribution is 5.83.